The normalized spacial score (nSPS) is 12.1. The number of aromatic nitrogens is 2. The summed E-state index contributed by atoms with van der Waals surface area (Å²) >= 11 is 0.482. The van der Waals surface area contributed by atoms with Gasteiger partial charge in [-0.1, -0.05) is 0 Å². The van der Waals surface area contributed by atoms with Crippen molar-refractivity contribution in [3.05, 3.63) is 58.2 Å². The molecular weight excluding hydrogens is 408 g/mol. The molecule has 0 spiro atoms. The minimum Gasteiger partial charge on any atom is -0.612 e. The van der Waals surface area contributed by atoms with E-state index in [2.05, 4.69) is 9.97 Å². The second-order valence-electron chi connectivity index (χ2n) is 6.32. The summed E-state index contributed by atoms with van der Waals surface area (Å²) in [5.41, 5.74) is 2.25. The van der Waals surface area contributed by atoms with Crippen LogP contribution in [0.4, 0.5) is 0 Å². The number of rotatable bonds is 5. The quantitative estimate of drug-likeness (QED) is 0.486. The fourth-order valence-corrected chi connectivity index (χ4v) is 4.44. The number of aromatic amines is 1. The first-order valence-electron chi connectivity index (χ1n) is 8.69. The summed E-state index contributed by atoms with van der Waals surface area (Å²) in [7, 11) is 3.06. The SMILES string of the molecule is COc1cc(OC)c2c(=O)[nH]c(-c3cc(-c4ccc([S+](C)[O-])cc4)cs3)nc2c1. The van der Waals surface area contributed by atoms with Gasteiger partial charge in [0.15, 0.2) is 10.7 Å². The van der Waals surface area contributed by atoms with E-state index in [1.807, 2.05) is 35.7 Å². The van der Waals surface area contributed by atoms with Crippen molar-refractivity contribution in [3.8, 4) is 33.3 Å². The summed E-state index contributed by atoms with van der Waals surface area (Å²) in [6.45, 7) is 0. The number of fused-ring (bicyclic) bond motifs is 1. The average Bonchev–Trinajstić information content (AvgIpc) is 3.23. The minimum atomic E-state index is -1.01. The van der Waals surface area contributed by atoms with Gasteiger partial charge in [0.05, 0.1) is 24.6 Å². The van der Waals surface area contributed by atoms with Gasteiger partial charge >= 0.3 is 0 Å². The first-order chi connectivity index (χ1) is 14.0. The van der Waals surface area contributed by atoms with Crippen molar-refractivity contribution < 1.29 is 14.0 Å². The standard InChI is InChI=1S/C21H18N2O4S2/c1-26-14-9-16-19(17(10-14)27-2)21(24)23-20(22-16)18-8-13(11-28-18)12-4-6-15(7-5-12)29(3)25/h4-11H,1-3H3,(H,22,23,24). The Morgan fingerprint density at radius 3 is 2.48 bits per heavy atom. The maximum absolute atomic E-state index is 12.7. The van der Waals surface area contributed by atoms with Crippen molar-refractivity contribution in [2.75, 3.05) is 20.5 Å². The number of H-pyrrole nitrogens is 1. The zero-order valence-electron chi connectivity index (χ0n) is 16.0. The van der Waals surface area contributed by atoms with Crippen molar-refractivity contribution in [2.45, 2.75) is 4.90 Å². The van der Waals surface area contributed by atoms with Gasteiger partial charge in [-0.3, -0.25) is 4.79 Å². The van der Waals surface area contributed by atoms with Gasteiger partial charge in [-0.2, -0.15) is 0 Å². The predicted octanol–water partition coefficient (Wildman–Crippen LogP) is 4.07. The summed E-state index contributed by atoms with van der Waals surface area (Å²) in [5.74, 6) is 1.47. The molecule has 4 rings (SSSR count). The van der Waals surface area contributed by atoms with Crippen LogP contribution >= 0.6 is 11.3 Å². The van der Waals surface area contributed by atoms with Crippen LogP contribution in [0.15, 0.2) is 57.5 Å². The topological polar surface area (TPSA) is 87.3 Å². The van der Waals surface area contributed by atoms with E-state index in [9.17, 15) is 9.35 Å². The lowest BCUT2D eigenvalue weighted by molar-refractivity contribution is 0.397. The molecule has 0 radical (unpaired) electrons. The third-order valence-corrected chi connectivity index (χ3v) is 6.43. The molecule has 0 saturated heterocycles. The first-order valence-corrected chi connectivity index (χ1v) is 11.1. The van der Waals surface area contributed by atoms with Crippen molar-refractivity contribution in [1.29, 1.82) is 0 Å². The van der Waals surface area contributed by atoms with Gasteiger partial charge in [-0.25, -0.2) is 4.98 Å². The fourth-order valence-electron chi connectivity index (χ4n) is 3.06. The highest BCUT2D eigenvalue weighted by molar-refractivity contribution is 7.90. The largest absolute Gasteiger partial charge is 0.612 e. The summed E-state index contributed by atoms with van der Waals surface area (Å²) in [4.78, 5) is 21.8. The summed E-state index contributed by atoms with van der Waals surface area (Å²) in [6.07, 6.45) is 1.66. The molecule has 148 valence electrons. The molecule has 0 saturated carbocycles. The van der Waals surface area contributed by atoms with E-state index in [1.165, 1.54) is 18.4 Å². The Balaban J connectivity index is 1.76. The van der Waals surface area contributed by atoms with Gasteiger partial charge < -0.3 is 19.0 Å². The lowest BCUT2D eigenvalue weighted by atomic mass is 10.1. The maximum atomic E-state index is 12.7. The van der Waals surface area contributed by atoms with Crippen LogP contribution in [0.1, 0.15) is 0 Å². The lowest BCUT2D eigenvalue weighted by Crippen LogP contribution is -2.10. The van der Waals surface area contributed by atoms with E-state index in [1.54, 1.807) is 25.5 Å². The Morgan fingerprint density at radius 2 is 1.83 bits per heavy atom. The van der Waals surface area contributed by atoms with Crippen LogP contribution in [0.5, 0.6) is 11.5 Å². The van der Waals surface area contributed by atoms with Crippen molar-refractivity contribution >= 4 is 33.4 Å². The molecule has 0 aliphatic carbocycles. The highest BCUT2D eigenvalue weighted by atomic mass is 32.2. The van der Waals surface area contributed by atoms with Gasteiger partial charge in [-0.05, 0) is 58.0 Å². The number of hydrogen-bond acceptors (Lipinski definition) is 6. The highest BCUT2D eigenvalue weighted by Crippen LogP contribution is 2.33. The van der Waals surface area contributed by atoms with Crippen LogP contribution < -0.4 is 15.0 Å². The van der Waals surface area contributed by atoms with Crippen molar-refractivity contribution in [2.24, 2.45) is 0 Å². The molecule has 0 fully saturated rings. The van der Waals surface area contributed by atoms with Crippen LogP contribution in [0.25, 0.3) is 32.7 Å². The van der Waals surface area contributed by atoms with Crippen LogP contribution in [-0.4, -0.2) is 35.0 Å². The Labute approximate surface area is 174 Å². The van der Waals surface area contributed by atoms with E-state index in [4.69, 9.17) is 9.47 Å². The summed E-state index contributed by atoms with van der Waals surface area (Å²) in [6, 6.07) is 13.0. The Morgan fingerprint density at radius 1 is 1.07 bits per heavy atom. The lowest BCUT2D eigenvalue weighted by Gasteiger charge is -2.08. The van der Waals surface area contributed by atoms with Gasteiger partial charge in [0.1, 0.15) is 23.1 Å². The number of benzene rings is 2. The Hall–Kier alpha value is -2.81. The number of methoxy groups -OCH3 is 2. The van der Waals surface area contributed by atoms with Gasteiger partial charge in [0, 0.05) is 12.1 Å². The molecule has 1 N–H and O–H groups in total. The Kier molecular flexibility index (Phi) is 5.31. The average molecular weight is 427 g/mol. The molecule has 4 aromatic rings. The highest BCUT2D eigenvalue weighted by Gasteiger charge is 2.14. The third kappa shape index (κ3) is 3.74. The molecule has 2 aromatic carbocycles. The predicted molar refractivity (Wildman–Crippen MR) is 117 cm³/mol. The van der Waals surface area contributed by atoms with E-state index in [0.717, 1.165) is 20.9 Å². The number of ether oxygens (including phenoxy) is 2. The van der Waals surface area contributed by atoms with E-state index < -0.39 is 11.2 Å². The van der Waals surface area contributed by atoms with Crippen LogP contribution in [0.2, 0.25) is 0 Å². The second-order valence-corrected chi connectivity index (χ2v) is 8.61. The minimum absolute atomic E-state index is 0.269. The first kappa shape index (κ1) is 19.5. The molecule has 0 amide bonds. The maximum Gasteiger partial charge on any atom is 0.262 e. The zero-order chi connectivity index (χ0) is 20.5. The molecule has 1 unspecified atom stereocenters. The zero-order valence-corrected chi connectivity index (χ0v) is 17.6. The Bertz CT molecular complexity index is 1230. The molecule has 0 bridgehead atoms. The molecule has 29 heavy (non-hydrogen) atoms. The molecule has 0 aliphatic rings. The van der Waals surface area contributed by atoms with E-state index in [0.29, 0.717) is 28.2 Å². The van der Waals surface area contributed by atoms with Crippen LogP contribution in [0, 0.1) is 0 Å². The van der Waals surface area contributed by atoms with Crippen LogP contribution in [0.3, 0.4) is 0 Å². The number of hydrogen-bond donors (Lipinski definition) is 1. The molecule has 0 aliphatic heterocycles. The monoisotopic (exact) mass is 426 g/mol. The molecule has 2 heterocycles. The van der Waals surface area contributed by atoms with Gasteiger partial charge in [0.2, 0.25) is 0 Å². The molecule has 8 heteroatoms. The fraction of sp³-hybridized carbons (Fsp3) is 0.143. The third-order valence-electron chi connectivity index (χ3n) is 4.55. The summed E-state index contributed by atoms with van der Waals surface area (Å²) in [5, 5.41) is 2.39. The second kappa shape index (κ2) is 7.90. The van der Waals surface area contributed by atoms with Crippen LogP contribution in [-0.2, 0) is 11.2 Å². The van der Waals surface area contributed by atoms with E-state index >= 15 is 0 Å². The van der Waals surface area contributed by atoms with Gasteiger partial charge in [-0.15, -0.1) is 11.3 Å². The molecule has 1 atom stereocenters. The summed E-state index contributed by atoms with van der Waals surface area (Å²) < 4.78 is 22.2. The van der Waals surface area contributed by atoms with Crippen molar-refractivity contribution in [1.82, 2.24) is 9.97 Å². The number of nitrogens with one attached hydrogen (secondary N) is 1. The number of nitrogens with zero attached hydrogens (tertiary/aromatic N) is 1. The van der Waals surface area contributed by atoms with Gasteiger partial charge in [0.25, 0.3) is 5.56 Å². The van der Waals surface area contributed by atoms with Crippen molar-refractivity contribution in [3.63, 3.8) is 0 Å². The number of thiophene rings is 1. The molecule has 2 aromatic heterocycles. The smallest absolute Gasteiger partial charge is 0.262 e. The molecule has 6 nitrogen and oxygen atoms in total. The molecular formula is C21H18N2O4S2. The van der Waals surface area contributed by atoms with E-state index in [-0.39, 0.29) is 5.56 Å².